The maximum absolute atomic E-state index is 15.9. The molecule has 9 atom stereocenters. The standard InChI is InChI=1S/C68H68Cl2N8O20/c1-7-19-94-67(91)55-40-27-37(79)28-46(81)52(40)39-22-33(11-16-45(39)80)53-63(87)77-57(66(90)75-55)59(84)35-13-18-48(42(70)24-35)98-50-26-36-25-49(60(50)96-30-32-9-14-38(93-6)15-10-32)97-47-17-12-34(23-41(47)69)58(83)56(76-62(86)44(21-31(3)4)78(5)68(92)95-20-8-2)65(89)72-43(29-51(71)82)61(85)73-54(36)64(88)74-53/h7-18,22-28,31,43-44,53-59,79-81,83-84H,1-2,19-21,29-30H2,3-6H3,(H2,71,82)(H,72,89)(H,73,85)(H,74,88)(H,75,90)(H,76,86)(H,77,87)/t43-,44+,53+,54+,55-,56+,57-,58+,59+/m0/s1. The lowest BCUT2D eigenvalue weighted by Crippen LogP contribution is -2.59. The Balaban J connectivity index is 1.29. The first kappa shape index (κ1) is 71.2. The number of ether oxygens (including phenoxy) is 6. The number of esters is 1. The summed E-state index contributed by atoms with van der Waals surface area (Å²) in [6.07, 6.45) is -3.72. The SMILES string of the molecule is C=CCOC(=O)[C@H]1NC(=O)[C@H]2NC(=O)[C@H](NC(=O)[C@@H]3NC(=O)[C@H](CC(N)=O)NC(=O)[C@H](NC(=O)[C@@H](CC(C)C)N(C)C(=O)OCC=C)[C@H](O)c4ccc(c(Cl)c4)Oc4cc3cc(c4OCc3ccc(OC)cc3)Oc3ccc(cc3Cl)[C@H]2O)c2ccc(O)c(c2)-c2c(O)cc(O)cc21. The van der Waals surface area contributed by atoms with Crippen LogP contribution >= 0.6 is 23.2 Å². The zero-order valence-corrected chi connectivity index (χ0v) is 54.3. The fourth-order valence-electron chi connectivity index (χ4n) is 11.0. The number of phenols is 3. The summed E-state index contributed by atoms with van der Waals surface area (Å²) in [6, 6.07) is 7.49. The van der Waals surface area contributed by atoms with Crippen LogP contribution in [0.1, 0.15) is 90.4 Å². The molecule has 11 bridgehead atoms. The fraction of sp³-hybridized carbons (Fsp3) is 0.279. The number of aliphatic hydroxyl groups excluding tert-OH is 2. The Bertz CT molecular complexity index is 4150. The number of phenolic OH excluding ortho intramolecular Hbond substituents is 3. The van der Waals surface area contributed by atoms with Crippen molar-refractivity contribution in [3.8, 4) is 62.9 Å². The molecule has 6 aromatic carbocycles. The van der Waals surface area contributed by atoms with Gasteiger partial charge in [-0.2, -0.15) is 0 Å². The summed E-state index contributed by atoms with van der Waals surface area (Å²) < 4.78 is 35.7. The Morgan fingerprint density at radius 3 is 1.87 bits per heavy atom. The van der Waals surface area contributed by atoms with Gasteiger partial charge in [0.1, 0.15) is 103 Å². The number of amides is 8. The topological polar surface area (TPSA) is 412 Å². The van der Waals surface area contributed by atoms with Crippen LogP contribution in [-0.2, 0) is 54.4 Å². The number of nitrogens with two attached hydrogens (primary N) is 1. The molecule has 30 heteroatoms. The maximum atomic E-state index is 15.9. The number of likely N-dealkylation sites (N-methyl/N-ethyl adjacent to an activating group) is 1. The third kappa shape index (κ3) is 16.1. The van der Waals surface area contributed by atoms with E-state index < -0.39 is 149 Å². The van der Waals surface area contributed by atoms with Gasteiger partial charge in [-0.3, -0.25) is 38.5 Å². The van der Waals surface area contributed by atoms with E-state index in [9.17, 15) is 49.5 Å². The number of primary amides is 1. The van der Waals surface area contributed by atoms with E-state index in [1.807, 2.05) is 0 Å². The molecule has 0 aliphatic carbocycles. The highest BCUT2D eigenvalue weighted by molar-refractivity contribution is 6.32. The summed E-state index contributed by atoms with van der Waals surface area (Å²) in [5.74, 6) is -13.3. The van der Waals surface area contributed by atoms with Crippen LogP contribution in [0, 0.1) is 5.92 Å². The molecule has 28 nitrogen and oxygen atoms in total. The van der Waals surface area contributed by atoms with Crippen LogP contribution in [0.4, 0.5) is 4.79 Å². The van der Waals surface area contributed by atoms with Gasteiger partial charge in [-0.05, 0) is 107 Å². The smallest absolute Gasteiger partial charge is 0.410 e. The number of benzene rings is 6. The van der Waals surface area contributed by atoms with Crippen LogP contribution in [0.2, 0.25) is 10.0 Å². The molecule has 0 aromatic heterocycles. The first-order valence-corrected chi connectivity index (χ1v) is 31.0. The van der Waals surface area contributed by atoms with Crippen LogP contribution in [0.15, 0.2) is 128 Å². The van der Waals surface area contributed by atoms with Gasteiger partial charge in [-0.15, -0.1) is 0 Å². The number of aliphatic hydroxyl groups is 2. The van der Waals surface area contributed by atoms with Crippen LogP contribution in [-0.4, -0.2) is 135 Å². The number of carbonyl (C=O) groups is 9. The fourth-order valence-corrected chi connectivity index (χ4v) is 11.4. The summed E-state index contributed by atoms with van der Waals surface area (Å²) in [6.45, 7) is 9.67. The van der Waals surface area contributed by atoms with Crippen molar-refractivity contribution in [1.29, 1.82) is 0 Å². The van der Waals surface area contributed by atoms with Crippen molar-refractivity contribution in [2.75, 3.05) is 27.4 Å². The van der Waals surface area contributed by atoms with Crippen molar-refractivity contribution in [3.63, 3.8) is 0 Å². The average molecular weight is 1390 g/mol. The summed E-state index contributed by atoms with van der Waals surface area (Å²) in [5, 5.41) is 73.3. The largest absolute Gasteiger partial charge is 0.508 e. The molecule has 6 aromatic rings. The number of aromatic hydroxyl groups is 3. The quantitative estimate of drug-likeness (QED) is 0.0393. The van der Waals surface area contributed by atoms with Crippen LogP contribution < -0.4 is 56.6 Å². The summed E-state index contributed by atoms with van der Waals surface area (Å²) in [7, 11) is 2.74. The molecule has 5 heterocycles. The second-order valence-electron chi connectivity index (χ2n) is 23.2. The molecule has 0 radical (unpaired) electrons. The van der Waals surface area contributed by atoms with Crippen molar-refractivity contribution in [2.45, 2.75) is 87.8 Å². The monoisotopic (exact) mass is 1390 g/mol. The van der Waals surface area contributed by atoms with Crippen LogP contribution in [0.3, 0.4) is 0 Å². The van der Waals surface area contributed by atoms with E-state index in [1.165, 1.54) is 74.8 Å². The van der Waals surface area contributed by atoms with E-state index in [-0.39, 0.29) is 92.2 Å². The molecule has 0 fully saturated rings. The Kier molecular flexibility index (Phi) is 22.4. The number of halogens is 2. The van der Waals surface area contributed by atoms with Gasteiger partial charge >= 0.3 is 12.1 Å². The molecule has 8 amide bonds. The van der Waals surface area contributed by atoms with Crippen molar-refractivity contribution in [2.24, 2.45) is 11.7 Å². The van der Waals surface area contributed by atoms with E-state index in [0.717, 1.165) is 35.2 Å². The van der Waals surface area contributed by atoms with Gasteiger partial charge < -0.3 is 91.6 Å². The number of rotatable bonds is 16. The second kappa shape index (κ2) is 30.8. The average Bonchev–Trinajstić information content (AvgIpc) is 0.765. The van der Waals surface area contributed by atoms with Gasteiger partial charge in [-0.25, -0.2) is 9.59 Å². The Hall–Kier alpha value is -11.1. The number of hydrogen-bond acceptors (Lipinski definition) is 20. The van der Waals surface area contributed by atoms with Crippen LogP contribution in [0.25, 0.3) is 11.1 Å². The van der Waals surface area contributed by atoms with E-state index in [1.54, 1.807) is 38.1 Å². The lowest BCUT2D eigenvalue weighted by atomic mass is 9.89. The molecule has 0 spiro atoms. The molecule has 0 saturated carbocycles. The van der Waals surface area contributed by atoms with Crippen molar-refractivity contribution < 1.29 is 97.1 Å². The normalized spacial score (nSPS) is 20.2. The minimum atomic E-state index is -2.20. The van der Waals surface area contributed by atoms with Crippen molar-refractivity contribution >= 4 is 76.6 Å². The number of nitrogens with zero attached hydrogens (tertiary/aromatic N) is 1. The first-order valence-electron chi connectivity index (χ1n) is 30.2. The molecule has 5 aliphatic heterocycles. The lowest BCUT2D eigenvalue weighted by Gasteiger charge is -2.32. The van der Waals surface area contributed by atoms with Gasteiger partial charge in [0.2, 0.25) is 47.1 Å². The Morgan fingerprint density at radius 1 is 0.673 bits per heavy atom. The zero-order chi connectivity index (χ0) is 71.0. The number of nitrogens with one attached hydrogen (secondary N) is 6. The summed E-state index contributed by atoms with van der Waals surface area (Å²) >= 11 is 14.1. The predicted molar refractivity (Wildman–Crippen MR) is 350 cm³/mol. The van der Waals surface area contributed by atoms with Crippen molar-refractivity contribution in [3.05, 3.63) is 172 Å². The van der Waals surface area contributed by atoms with Gasteiger partial charge in [-0.1, -0.05) is 92.7 Å². The number of fused-ring (bicyclic) bond motifs is 15. The molecule has 514 valence electrons. The molecule has 98 heavy (non-hydrogen) atoms. The van der Waals surface area contributed by atoms with E-state index in [2.05, 4.69) is 45.1 Å². The predicted octanol–water partition coefficient (Wildman–Crippen LogP) is 5.96. The van der Waals surface area contributed by atoms with E-state index in [4.69, 9.17) is 57.4 Å². The number of hydrogen-bond donors (Lipinski definition) is 12. The highest BCUT2D eigenvalue weighted by atomic mass is 35.5. The summed E-state index contributed by atoms with van der Waals surface area (Å²) in [5.41, 5.74) is 4.22. The van der Waals surface area contributed by atoms with E-state index >= 15 is 19.2 Å². The molecular formula is C68H68Cl2N8O20. The third-order valence-electron chi connectivity index (χ3n) is 15.9. The Labute approximate surface area is 569 Å². The molecule has 13 N–H and O–H groups in total. The second-order valence-corrected chi connectivity index (χ2v) is 24.0. The molecule has 0 unspecified atom stereocenters. The van der Waals surface area contributed by atoms with Crippen molar-refractivity contribution in [1.82, 2.24) is 36.8 Å². The number of methoxy groups -OCH3 is 1. The highest BCUT2D eigenvalue weighted by Crippen LogP contribution is 2.49. The first-order chi connectivity index (χ1) is 46.7. The molecular weight excluding hydrogens is 1320 g/mol. The maximum Gasteiger partial charge on any atom is 0.410 e. The van der Waals surface area contributed by atoms with E-state index in [0.29, 0.717) is 11.3 Å². The van der Waals surface area contributed by atoms with Crippen LogP contribution in [0.5, 0.6) is 51.7 Å². The number of carbonyl (C=O) groups excluding carboxylic acids is 9. The van der Waals surface area contributed by atoms with Gasteiger partial charge in [0, 0.05) is 29.8 Å². The van der Waals surface area contributed by atoms with Gasteiger partial charge in [0.15, 0.2) is 17.5 Å². The molecule has 5 aliphatic rings. The van der Waals surface area contributed by atoms with Gasteiger partial charge in [0.25, 0.3) is 0 Å². The highest BCUT2D eigenvalue weighted by Gasteiger charge is 2.43. The Morgan fingerprint density at radius 2 is 1.27 bits per heavy atom. The molecule has 0 saturated heterocycles. The minimum absolute atomic E-state index is 0.0195. The van der Waals surface area contributed by atoms with Gasteiger partial charge in [0.05, 0.1) is 23.6 Å². The summed E-state index contributed by atoms with van der Waals surface area (Å²) in [4.78, 5) is 133. The lowest BCUT2D eigenvalue weighted by molar-refractivity contribution is -0.147. The molecule has 11 rings (SSSR count). The minimum Gasteiger partial charge on any atom is -0.508 e. The third-order valence-corrected chi connectivity index (χ3v) is 16.5. The zero-order valence-electron chi connectivity index (χ0n) is 52.8.